The largest absolute Gasteiger partial charge is 0.349 e. The minimum absolute atomic E-state index is 0.151. The minimum atomic E-state index is 0.151. The summed E-state index contributed by atoms with van der Waals surface area (Å²) in [5.74, 6) is 1.43. The van der Waals surface area contributed by atoms with Crippen LogP contribution in [0.15, 0.2) is 18.5 Å². The molecule has 108 valence electrons. The highest BCUT2D eigenvalue weighted by atomic mass is 16.1. The molecule has 0 spiro atoms. The Kier molecular flexibility index (Phi) is 4.12. The second-order valence-electron chi connectivity index (χ2n) is 5.52. The van der Waals surface area contributed by atoms with Gasteiger partial charge in [0.05, 0.1) is 6.54 Å². The second-order valence-corrected chi connectivity index (χ2v) is 5.52. The van der Waals surface area contributed by atoms with E-state index >= 15 is 0 Å². The Bertz CT molecular complexity index is 620. The van der Waals surface area contributed by atoms with Crippen molar-refractivity contribution in [2.24, 2.45) is 0 Å². The number of carbonyl (C=O) groups is 1. The van der Waals surface area contributed by atoms with Gasteiger partial charge in [0.1, 0.15) is 5.82 Å². The number of rotatable bonds is 5. The third-order valence-corrected chi connectivity index (χ3v) is 3.77. The highest BCUT2D eigenvalue weighted by molar-refractivity contribution is 5.97. The summed E-state index contributed by atoms with van der Waals surface area (Å²) in [6.07, 6.45) is 3.64. The van der Waals surface area contributed by atoms with Gasteiger partial charge in [-0.25, -0.2) is 4.98 Å². The average molecular weight is 273 g/mol. The van der Waals surface area contributed by atoms with Crippen molar-refractivity contribution in [1.82, 2.24) is 14.1 Å². The molecule has 0 amide bonds. The molecule has 0 aliphatic rings. The number of nitrogens with zero attached hydrogens (tertiary/aromatic N) is 3. The topological polar surface area (TPSA) is 39.8 Å². The predicted molar refractivity (Wildman–Crippen MR) is 80.2 cm³/mol. The summed E-state index contributed by atoms with van der Waals surface area (Å²) in [4.78, 5) is 16.9. The van der Waals surface area contributed by atoms with E-state index in [2.05, 4.69) is 30.3 Å². The zero-order chi connectivity index (χ0) is 14.9. The van der Waals surface area contributed by atoms with Gasteiger partial charge in [-0.1, -0.05) is 13.8 Å². The Morgan fingerprint density at radius 3 is 2.60 bits per heavy atom. The predicted octanol–water partition coefficient (Wildman–Crippen LogP) is 3.33. The van der Waals surface area contributed by atoms with Gasteiger partial charge < -0.3 is 9.13 Å². The molecule has 0 N–H and O–H groups in total. The fourth-order valence-electron chi connectivity index (χ4n) is 2.77. The third-order valence-electron chi connectivity index (χ3n) is 3.77. The molecule has 2 heterocycles. The van der Waals surface area contributed by atoms with Crippen LogP contribution in [0, 0.1) is 13.8 Å². The van der Waals surface area contributed by atoms with E-state index < -0.39 is 0 Å². The molecular formula is C16H23N3O. The third kappa shape index (κ3) is 2.55. The average Bonchev–Trinajstić information content (AvgIpc) is 2.94. The maximum Gasteiger partial charge on any atom is 0.184 e. The highest BCUT2D eigenvalue weighted by Crippen LogP contribution is 2.18. The summed E-state index contributed by atoms with van der Waals surface area (Å²) < 4.78 is 4.12. The maximum atomic E-state index is 12.5. The van der Waals surface area contributed by atoms with Crippen molar-refractivity contribution in [3.63, 3.8) is 0 Å². The Hall–Kier alpha value is -1.84. The van der Waals surface area contributed by atoms with Gasteiger partial charge in [-0.3, -0.25) is 4.79 Å². The lowest BCUT2D eigenvalue weighted by Crippen LogP contribution is -2.14. The molecule has 2 rings (SSSR count). The van der Waals surface area contributed by atoms with E-state index in [-0.39, 0.29) is 5.78 Å². The molecule has 0 saturated heterocycles. The second kappa shape index (κ2) is 5.65. The van der Waals surface area contributed by atoms with Gasteiger partial charge in [0.2, 0.25) is 0 Å². The zero-order valence-electron chi connectivity index (χ0n) is 13.0. The fourth-order valence-corrected chi connectivity index (χ4v) is 2.77. The number of hydrogen-bond acceptors (Lipinski definition) is 2. The summed E-state index contributed by atoms with van der Waals surface area (Å²) in [7, 11) is 0. The van der Waals surface area contributed by atoms with Gasteiger partial charge in [0.25, 0.3) is 0 Å². The first-order valence-electron chi connectivity index (χ1n) is 7.16. The molecule has 0 unspecified atom stereocenters. The summed E-state index contributed by atoms with van der Waals surface area (Å²) in [5, 5.41) is 0. The van der Waals surface area contributed by atoms with E-state index in [1.54, 1.807) is 6.20 Å². The highest BCUT2D eigenvalue weighted by Gasteiger charge is 2.17. The van der Waals surface area contributed by atoms with Crippen LogP contribution in [0.25, 0.3) is 0 Å². The van der Waals surface area contributed by atoms with Crippen LogP contribution in [0.5, 0.6) is 0 Å². The molecule has 2 aromatic rings. The molecule has 0 bridgehead atoms. The van der Waals surface area contributed by atoms with Crippen LogP contribution in [0.3, 0.4) is 0 Å². The standard InChI is InChI=1S/C16H23N3O/c1-6-19-12(4)9-14(13(19)5)15(20)10-18-8-7-17-16(18)11(2)3/h7-9,11H,6,10H2,1-5H3. The molecular weight excluding hydrogens is 250 g/mol. The van der Waals surface area contributed by atoms with Gasteiger partial charge in [-0.05, 0) is 26.8 Å². The minimum Gasteiger partial charge on any atom is -0.349 e. The first-order valence-corrected chi connectivity index (χ1v) is 7.16. The van der Waals surface area contributed by atoms with E-state index in [1.165, 1.54) is 0 Å². The van der Waals surface area contributed by atoms with Gasteiger partial charge in [-0.15, -0.1) is 0 Å². The van der Waals surface area contributed by atoms with Gasteiger partial charge >= 0.3 is 0 Å². The fraction of sp³-hybridized carbons (Fsp3) is 0.500. The van der Waals surface area contributed by atoms with Crippen molar-refractivity contribution in [1.29, 1.82) is 0 Å². The maximum absolute atomic E-state index is 12.5. The number of aryl methyl sites for hydroxylation is 1. The monoisotopic (exact) mass is 273 g/mol. The van der Waals surface area contributed by atoms with Gasteiger partial charge in [-0.2, -0.15) is 0 Å². The summed E-state index contributed by atoms with van der Waals surface area (Å²) >= 11 is 0. The number of carbonyl (C=O) groups excluding carboxylic acids is 1. The van der Waals surface area contributed by atoms with E-state index in [1.807, 2.05) is 30.7 Å². The van der Waals surface area contributed by atoms with Crippen LogP contribution >= 0.6 is 0 Å². The normalized spacial score (nSPS) is 11.3. The Labute approximate surface area is 120 Å². The van der Waals surface area contributed by atoms with Crippen LogP contribution in [0.4, 0.5) is 0 Å². The molecule has 0 radical (unpaired) electrons. The molecule has 4 nitrogen and oxygen atoms in total. The molecule has 0 aliphatic heterocycles. The van der Waals surface area contributed by atoms with Crippen LogP contribution in [0.2, 0.25) is 0 Å². The first kappa shape index (κ1) is 14.6. The van der Waals surface area contributed by atoms with Crippen molar-refractivity contribution in [3.8, 4) is 0 Å². The molecule has 4 heteroatoms. The summed E-state index contributed by atoms with van der Waals surface area (Å²) in [6, 6.07) is 1.99. The van der Waals surface area contributed by atoms with Gasteiger partial charge in [0, 0.05) is 41.8 Å². The molecule has 0 saturated carbocycles. The van der Waals surface area contributed by atoms with E-state index in [0.717, 1.165) is 29.3 Å². The van der Waals surface area contributed by atoms with Crippen LogP contribution in [-0.4, -0.2) is 19.9 Å². The quantitative estimate of drug-likeness (QED) is 0.784. The first-order chi connectivity index (χ1) is 9.45. The lowest BCUT2D eigenvalue weighted by molar-refractivity contribution is 0.0970. The van der Waals surface area contributed by atoms with Crippen molar-refractivity contribution >= 4 is 5.78 Å². The molecule has 0 atom stereocenters. The zero-order valence-corrected chi connectivity index (χ0v) is 13.0. The number of hydrogen-bond donors (Lipinski definition) is 0. The number of aromatic nitrogens is 3. The Morgan fingerprint density at radius 2 is 2.05 bits per heavy atom. The van der Waals surface area contributed by atoms with Crippen molar-refractivity contribution in [2.75, 3.05) is 0 Å². The van der Waals surface area contributed by atoms with E-state index in [9.17, 15) is 4.79 Å². The molecule has 0 fully saturated rings. The number of imidazole rings is 1. The lowest BCUT2D eigenvalue weighted by atomic mass is 10.1. The Balaban J connectivity index is 2.27. The Morgan fingerprint density at radius 1 is 1.35 bits per heavy atom. The number of Topliss-reactive ketones (excluding diaryl/α,β-unsaturated/α-hetero) is 1. The van der Waals surface area contributed by atoms with Crippen LogP contribution in [0.1, 0.15) is 54.3 Å². The van der Waals surface area contributed by atoms with E-state index in [0.29, 0.717) is 12.5 Å². The SMILES string of the molecule is CCn1c(C)cc(C(=O)Cn2ccnc2C(C)C)c1C. The van der Waals surface area contributed by atoms with E-state index in [4.69, 9.17) is 0 Å². The van der Waals surface area contributed by atoms with Crippen molar-refractivity contribution < 1.29 is 4.79 Å². The van der Waals surface area contributed by atoms with Gasteiger partial charge in [0.15, 0.2) is 5.78 Å². The number of ketones is 1. The van der Waals surface area contributed by atoms with Crippen LogP contribution < -0.4 is 0 Å². The lowest BCUT2D eigenvalue weighted by Gasteiger charge is -2.10. The molecule has 0 aromatic carbocycles. The summed E-state index contributed by atoms with van der Waals surface area (Å²) in [6.45, 7) is 11.6. The van der Waals surface area contributed by atoms with Crippen molar-refractivity contribution in [2.45, 2.75) is 53.6 Å². The molecule has 20 heavy (non-hydrogen) atoms. The van der Waals surface area contributed by atoms with Crippen molar-refractivity contribution in [3.05, 3.63) is 41.2 Å². The molecule has 2 aromatic heterocycles. The molecule has 0 aliphatic carbocycles. The summed E-state index contributed by atoms with van der Waals surface area (Å²) in [5.41, 5.74) is 3.03. The van der Waals surface area contributed by atoms with Crippen LogP contribution in [-0.2, 0) is 13.1 Å². The smallest absolute Gasteiger partial charge is 0.184 e.